The lowest BCUT2D eigenvalue weighted by Gasteiger charge is -2.09. The van der Waals surface area contributed by atoms with Gasteiger partial charge in [0.1, 0.15) is 0 Å². The molecule has 3 nitrogen and oxygen atoms in total. The number of hydrogen-bond donors (Lipinski definition) is 1. The molecule has 0 amide bonds. The van der Waals surface area contributed by atoms with Crippen molar-refractivity contribution in [2.75, 3.05) is 0 Å². The van der Waals surface area contributed by atoms with Crippen LogP contribution in [0.2, 0.25) is 0 Å². The van der Waals surface area contributed by atoms with Gasteiger partial charge in [-0.05, 0) is 37.0 Å². The molecule has 0 unspecified atom stereocenters. The topological polar surface area (TPSA) is 33.6 Å². The van der Waals surface area contributed by atoms with Crippen LogP contribution < -0.4 is 0 Å². The van der Waals surface area contributed by atoms with Gasteiger partial charge in [0.2, 0.25) is 0 Å². The van der Waals surface area contributed by atoms with Crippen LogP contribution in [0.15, 0.2) is 5.38 Å². The highest BCUT2D eigenvalue weighted by atomic mass is 32.1. The monoisotopic (exact) mass is 281 g/mol. The van der Waals surface area contributed by atoms with Gasteiger partial charge in [-0.3, -0.25) is 9.67 Å². The fraction of sp³-hybridized carbons (Fsp3) is 0.538. The Bertz CT molecular complexity index is 590. The van der Waals surface area contributed by atoms with Crippen LogP contribution >= 0.6 is 23.6 Å². The molecule has 2 heterocycles. The third kappa shape index (κ3) is 2.42. The van der Waals surface area contributed by atoms with Gasteiger partial charge in [-0.15, -0.1) is 11.3 Å². The predicted molar refractivity (Wildman–Crippen MR) is 79.7 cm³/mol. The SMILES string of the molecule is CCc1c(-c2n[nH]c(=S)n2CC(C)C)csc1C. The highest BCUT2D eigenvalue weighted by molar-refractivity contribution is 7.71. The maximum Gasteiger partial charge on any atom is 0.195 e. The summed E-state index contributed by atoms with van der Waals surface area (Å²) in [5.41, 5.74) is 2.62. The molecule has 5 heteroatoms. The Morgan fingerprint density at radius 1 is 1.50 bits per heavy atom. The van der Waals surface area contributed by atoms with Gasteiger partial charge in [-0.25, -0.2) is 0 Å². The number of aromatic amines is 1. The van der Waals surface area contributed by atoms with E-state index in [2.05, 4.69) is 47.8 Å². The number of nitrogens with one attached hydrogen (secondary N) is 1. The van der Waals surface area contributed by atoms with Gasteiger partial charge in [0.05, 0.1) is 0 Å². The van der Waals surface area contributed by atoms with E-state index in [1.165, 1.54) is 16.0 Å². The zero-order chi connectivity index (χ0) is 13.3. The molecule has 0 radical (unpaired) electrons. The molecule has 0 aliphatic rings. The summed E-state index contributed by atoms with van der Waals surface area (Å²) in [4.78, 5) is 1.37. The van der Waals surface area contributed by atoms with Crippen molar-refractivity contribution in [3.63, 3.8) is 0 Å². The number of hydrogen-bond acceptors (Lipinski definition) is 3. The Morgan fingerprint density at radius 2 is 2.22 bits per heavy atom. The molecule has 2 rings (SSSR count). The Kier molecular flexibility index (Phi) is 4.02. The van der Waals surface area contributed by atoms with Crippen LogP contribution in [0.1, 0.15) is 31.2 Å². The second-order valence-corrected chi connectivity index (χ2v) is 6.36. The van der Waals surface area contributed by atoms with E-state index >= 15 is 0 Å². The number of nitrogens with zero attached hydrogens (tertiary/aromatic N) is 2. The highest BCUT2D eigenvalue weighted by Gasteiger charge is 2.15. The van der Waals surface area contributed by atoms with Crippen molar-refractivity contribution in [2.45, 2.75) is 40.7 Å². The van der Waals surface area contributed by atoms with Crippen LogP contribution in [0.25, 0.3) is 11.4 Å². The molecular formula is C13H19N3S2. The minimum Gasteiger partial charge on any atom is -0.300 e. The van der Waals surface area contributed by atoms with Crippen LogP contribution in [-0.2, 0) is 13.0 Å². The minimum absolute atomic E-state index is 0.554. The van der Waals surface area contributed by atoms with Gasteiger partial charge < -0.3 is 0 Å². The average molecular weight is 281 g/mol. The molecule has 98 valence electrons. The molecule has 1 N–H and O–H groups in total. The van der Waals surface area contributed by atoms with Crippen molar-refractivity contribution >= 4 is 23.6 Å². The molecule has 0 atom stereocenters. The summed E-state index contributed by atoms with van der Waals surface area (Å²) in [6, 6.07) is 0. The van der Waals surface area contributed by atoms with E-state index in [0.717, 1.165) is 18.8 Å². The molecule has 0 aliphatic carbocycles. The number of rotatable bonds is 4. The molecule has 0 spiro atoms. The van der Waals surface area contributed by atoms with E-state index in [1.807, 2.05) is 0 Å². The van der Waals surface area contributed by atoms with Crippen molar-refractivity contribution in [1.82, 2.24) is 14.8 Å². The number of aryl methyl sites for hydroxylation is 1. The van der Waals surface area contributed by atoms with Crippen molar-refractivity contribution in [1.29, 1.82) is 0 Å². The van der Waals surface area contributed by atoms with E-state index in [9.17, 15) is 0 Å². The lowest BCUT2D eigenvalue weighted by Crippen LogP contribution is -2.06. The van der Waals surface area contributed by atoms with Crippen LogP contribution in [-0.4, -0.2) is 14.8 Å². The van der Waals surface area contributed by atoms with E-state index in [-0.39, 0.29) is 0 Å². The van der Waals surface area contributed by atoms with Gasteiger partial charge in [0, 0.05) is 22.4 Å². The molecule has 0 saturated heterocycles. The summed E-state index contributed by atoms with van der Waals surface area (Å²) in [5.74, 6) is 1.53. The number of thiophene rings is 1. The smallest absolute Gasteiger partial charge is 0.195 e. The lowest BCUT2D eigenvalue weighted by molar-refractivity contribution is 0.521. The number of aromatic nitrogens is 3. The third-order valence-electron chi connectivity index (χ3n) is 3.00. The summed E-state index contributed by atoms with van der Waals surface area (Å²) in [7, 11) is 0. The van der Waals surface area contributed by atoms with E-state index < -0.39 is 0 Å². The average Bonchev–Trinajstić information content (AvgIpc) is 2.83. The van der Waals surface area contributed by atoms with Crippen LogP contribution in [0, 0.1) is 17.6 Å². The van der Waals surface area contributed by atoms with Crippen molar-refractivity contribution in [2.24, 2.45) is 5.92 Å². The first-order valence-corrected chi connectivity index (χ1v) is 7.55. The summed E-state index contributed by atoms with van der Waals surface area (Å²) in [6.45, 7) is 9.65. The third-order valence-corrected chi connectivity index (χ3v) is 4.27. The predicted octanol–water partition coefficient (Wildman–Crippen LogP) is 4.20. The Labute approximate surface area is 117 Å². The second kappa shape index (κ2) is 5.36. The van der Waals surface area contributed by atoms with Gasteiger partial charge >= 0.3 is 0 Å². The fourth-order valence-corrected chi connectivity index (χ4v) is 3.31. The Hall–Kier alpha value is -0.940. The molecule has 0 aromatic carbocycles. The number of H-pyrrole nitrogens is 1. The lowest BCUT2D eigenvalue weighted by atomic mass is 10.1. The van der Waals surface area contributed by atoms with Gasteiger partial charge in [-0.1, -0.05) is 20.8 Å². The molecular weight excluding hydrogens is 262 g/mol. The first-order chi connectivity index (χ1) is 8.54. The molecule has 0 aliphatic heterocycles. The van der Waals surface area contributed by atoms with Crippen molar-refractivity contribution < 1.29 is 0 Å². The van der Waals surface area contributed by atoms with Crippen molar-refractivity contribution in [3.8, 4) is 11.4 Å². The maximum absolute atomic E-state index is 5.33. The van der Waals surface area contributed by atoms with Gasteiger partial charge in [0.25, 0.3) is 0 Å². The summed E-state index contributed by atoms with van der Waals surface area (Å²) < 4.78 is 2.82. The summed E-state index contributed by atoms with van der Waals surface area (Å²) in [6.07, 6.45) is 1.03. The highest BCUT2D eigenvalue weighted by Crippen LogP contribution is 2.30. The van der Waals surface area contributed by atoms with Crippen LogP contribution in [0.5, 0.6) is 0 Å². The summed E-state index contributed by atoms with van der Waals surface area (Å²) in [5, 5.41) is 9.53. The Balaban J connectivity index is 2.54. The molecule has 0 fully saturated rings. The minimum atomic E-state index is 0.554. The standard InChI is InChI=1S/C13H19N3S2/c1-5-10-9(4)18-7-11(10)12-14-15-13(17)16(12)6-8(2)3/h7-8H,5-6H2,1-4H3,(H,15,17). The van der Waals surface area contributed by atoms with Gasteiger partial charge in [0.15, 0.2) is 10.6 Å². The van der Waals surface area contributed by atoms with Gasteiger partial charge in [-0.2, -0.15) is 5.10 Å². The molecule has 18 heavy (non-hydrogen) atoms. The normalized spacial score (nSPS) is 11.4. The summed E-state index contributed by atoms with van der Waals surface area (Å²) >= 11 is 7.11. The molecule has 2 aromatic heterocycles. The fourth-order valence-electron chi connectivity index (χ4n) is 2.16. The first kappa shape index (κ1) is 13.5. The van der Waals surface area contributed by atoms with Crippen molar-refractivity contribution in [3.05, 3.63) is 20.6 Å². The van der Waals surface area contributed by atoms with Crippen LogP contribution in [0.4, 0.5) is 0 Å². The second-order valence-electron chi connectivity index (χ2n) is 4.89. The molecule has 0 bridgehead atoms. The van der Waals surface area contributed by atoms with Crippen LogP contribution in [0.3, 0.4) is 0 Å². The zero-order valence-electron chi connectivity index (χ0n) is 11.3. The largest absolute Gasteiger partial charge is 0.300 e. The molecule has 0 saturated carbocycles. The first-order valence-electron chi connectivity index (χ1n) is 6.27. The Morgan fingerprint density at radius 3 is 2.83 bits per heavy atom. The zero-order valence-corrected chi connectivity index (χ0v) is 12.9. The van der Waals surface area contributed by atoms with E-state index in [1.54, 1.807) is 11.3 Å². The van der Waals surface area contributed by atoms with E-state index in [4.69, 9.17) is 12.2 Å². The quantitative estimate of drug-likeness (QED) is 0.852. The van der Waals surface area contributed by atoms with E-state index in [0.29, 0.717) is 10.7 Å². The molecule has 2 aromatic rings. The maximum atomic E-state index is 5.33.